The average molecular weight is 467 g/mol. The van der Waals surface area contributed by atoms with Gasteiger partial charge in [0.25, 0.3) is 0 Å². The lowest BCUT2D eigenvalue weighted by Gasteiger charge is -2.29. The van der Waals surface area contributed by atoms with E-state index in [-0.39, 0.29) is 18.4 Å². The van der Waals surface area contributed by atoms with Crippen LogP contribution in [-0.2, 0) is 16.1 Å². The van der Waals surface area contributed by atoms with Gasteiger partial charge in [0.05, 0.1) is 0 Å². The number of benzene rings is 2. The van der Waals surface area contributed by atoms with Crippen molar-refractivity contribution < 1.29 is 9.59 Å². The van der Waals surface area contributed by atoms with Gasteiger partial charge < -0.3 is 10.2 Å². The van der Waals surface area contributed by atoms with E-state index in [4.69, 9.17) is 23.2 Å². The van der Waals surface area contributed by atoms with Crippen molar-refractivity contribution in [2.24, 2.45) is 0 Å². The number of rotatable bonds is 10. The molecule has 0 radical (unpaired) electrons. The van der Waals surface area contributed by atoms with Crippen LogP contribution >= 0.6 is 35.0 Å². The molecule has 4 nitrogen and oxygen atoms in total. The molecule has 0 aliphatic heterocycles. The van der Waals surface area contributed by atoms with Crippen molar-refractivity contribution in [3.05, 3.63) is 63.6 Å². The first-order valence-corrected chi connectivity index (χ1v) is 11.8. The number of hydrogen-bond donors (Lipinski definition) is 1. The molecule has 0 aliphatic carbocycles. The van der Waals surface area contributed by atoms with Crippen molar-refractivity contribution in [3.8, 4) is 0 Å². The second kappa shape index (κ2) is 12.2. The molecule has 162 valence electrons. The molecule has 0 aliphatic rings. The molecule has 0 bridgehead atoms. The van der Waals surface area contributed by atoms with Crippen molar-refractivity contribution in [3.63, 3.8) is 0 Å². The molecule has 1 atom stereocenters. The van der Waals surface area contributed by atoms with Gasteiger partial charge in [0.2, 0.25) is 11.8 Å². The predicted octanol–water partition coefficient (Wildman–Crippen LogP) is 5.73. The van der Waals surface area contributed by atoms with Gasteiger partial charge in [-0.05, 0) is 50.1 Å². The summed E-state index contributed by atoms with van der Waals surface area (Å²) in [6.07, 6.45) is 1.16. The summed E-state index contributed by atoms with van der Waals surface area (Å²) in [5.74, 6) is 0.386. The highest BCUT2D eigenvalue weighted by atomic mass is 35.5. The Labute approximate surface area is 193 Å². The van der Waals surface area contributed by atoms with Crippen LogP contribution in [0.4, 0.5) is 0 Å². The lowest BCUT2D eigenvalue weighted by Crippen LogP contribution is -2.47. The topological polar surface area (TPSA) is 49.4 Å². The smallest absolute Gasteiger partial charge is 0.242 e. The Balaban J connectivity index is 2.09. The van der Waals surface area contributed by atoms with Gasteiger partial charge in [-0.25, -0.2) is 0 Å². The maximum Gasteiger partial charge on any atom is 0.242 e. The van der Waals surface area contributed by atoms with Crippen LogP contribution in [0, 0.1) is 6.92 Å². The number of thioether (sulfide) groups is 1. The number of nitrogens with one attached hydrogen (secondary N) is 1. The minimum atomic E-state index is -0.597. The van der Waals surface area contributed by atoms with Crippen LogP contribution in [0.5, 0.6) is 0 Å². The minimum absolute atomic E-state index is 0.0835. The van der Waals surface area contributed by atoms with E-state index in [0.29, 0.717) is 28.8 Å². The third kappa shape index (κ3) is 7.53. The fraction of sp³-hybridized carbons (Fsp3) is 0.391. The number of amides is 2. The molecule has 0 saturated heterocycles. The number of carbonyl (C=O) groups is 2. The third-order valence-electron chi connectivity index (χ3n) is 4.68. The fourth-order valence-electron chi connectivity index (χ4n) is 2.85. The third-order valence-corrected chi connectivity index (χ3v) is 6.28. The van der Waals surface area contributed by atoms with Crippen molar-refractivity contribution >= 4 is 46.8 Å². The molecule has 2 aromatic rings. The first-order valence-electron chi connectivity index (χ1n) is 10.0. The van der Waals surface area contributed by atoms with Crippen LogP contribution in [0.15, 0.2) is 47.4 Å². The van der Waals surface area contributed by atoms with Crippen LogP contribution in [0.25, 0.3) is 0 Å². The fourth-order valence-corrected chi connectivity index (χ4v) is 4.16. The Bertz CT molecular complexity index is 859. The second-order valence-corrected chi connectivity index (χ2v) is 9.15. The zero-order valence-electron chi connectivity index (χ0n) is 17.6. The molecule has 1 N–H and O–H groups in total. The van der Waals surface area contributed by atoms with E-state index in [1.54, 1.807) is 41.8 Å². The highest BCUT2D eigenvalue weighted by Gasteiger charge is 2.26. The molecule has 0 heterocycles. The summed E-state index contributed by atoms with van der Waals surface area (Å²) in [7, 11) is 0. The summed E-state index contributed by atoms with van der Waals surface area (Å²) >= 11 is 13.9. The van der Waals surface area contributed by atoms with E-state index in [1.807, 2.05) is 13.8 Å². The number of carbonyl (C=O) groups excluding carboxylic acids is 2. The number of hydrogen-bond acceptors (Lipinski definition) is 3. The summed E-state index contributed by atoms with van der Waals surface area (Å²) in [6.45, 7) is 6.62. The highest BCUT2D eigenvalue weighted by molar-refractivity contribution is 7.99. The molecule has 2 amide bonds. The highest BCUT2D eigenvalue weighted by Crippen LogP contribution is 2.24. The Morgan fingerprint density at radius 2 is 1.83 bits per heavy atom. The number of halogens is 2. The van der Waals surface area contributed by atoms with E-state index < -0.39 is 6.04 Å². The summed E-state index contributed by atoms with van der Waals surface area (Å²) in [4.78, 5) is 28.3. The van der Waals surface area contributed by atoms with E-state index in [1.165, 1.54) is 5.56 Å². The molecular weight excluding hydrogens is 439 g/mol. The Hall–Kier alpha value is -1.69. The molecular formula is C23H28Cl2N2O2S. The molecule has 0 unspecified atom stereocenters. The van der Waals surface area contributed by atoms with Crippen LogP contribution < -0.4 is 5.32 Å². The quantitative estimate of drug-likeness (QED) is 0.454. The van der Waals surface area contributed by atoms with Gasteiger partial charge in [0, 0.05) is 40.2 Å². The largest absolute Gasteiger partial charge is 0.354 e. The zero-order valence-corrected chi connectivity index (χ0v) is 19.9. The van der Waals surface area contributed by atoms with Gasteiger partial charge in [-0.2, -0.15) is 0 Å². The maximum absolute atomic E-state index is 13.1. The van der Waals surface area contributed by atoms with Crippen molar-refractivity contribution in [2.45, 2.75) is 51.1 Å². The Morgan fingerprint density at radius 1 is 1.13 bits per heavy atom. The maximum atomic E-state index is 13.1. The van der Waals surface area contributed by atoms with E-state index >= 15 is 0 Å². The first kappa shape index (κ1) is 24.6. The molecule has 0 fully saturated rings. The Morgan fingerprint density at radius 3 is 2.47 bits per heavy atom. The molecule has 2 rings (SSSR count). The summed E-state index contributed by atoms with van der Waals surface area (Å²) in [5, 5.41) is 3.89. The van der Waals surface area contributed by atoms with Crippen LogP contribution in [-0.4, -0.2) is 35.1 Å². The molecule has 2 aromatic carbocycles. The normalized spacial score (nSPS) is 11.8. The lowest BCUT2D eigenvalue weighted by molar-refractivity contribution is -0.140. The number of nitrogens with zero attached hydrogens (tertiary/aromatic N) is 1. The van der Waals surface area contributed by atoms with Crippen molar-refractivity contribution in [1.82, 2.24) is 10.2 Å². The summed E-state index contributed by atoms with van der Waals surface area (Å²) in [5.41, 5.74) is 1.96. The van der Waals surface area contributed by atoms with Crippen molar-refractivity contribution in [1.29, 1.82) is 0 Å². The molecule has 30 heavy (non-hydrogen) atoms. The number of aryl methyl sites for hydroxylation is 1. The van der Waals surface area contributed by atoms with Gasteiger partial charge in [-0.3, -0.25) is 9.59 Å². The predicted molar refractivity (Wildman–Crippen MR) is 126 cm³/mol. The molecule has 0 aromatic heterocycles. The van der Waals surface area contributed by atoms with Crippen LogP contribution in [0.3, 0.4) is 0 Å². The average Bonchev–Trinajstić information content (AvgIpc) is 2.72. The van der Waals surface area contributed by atoms with Gasteiger partial charge >= 0.3 is 0 Å². The monoisotopic (exact) mass is 466 g/mol. The molecule has 0 saturated carbocycles. The van der Waals surface area contributed by atoms with E-state index in [2.05, 4.69) is 29.6 Å². The lowest BCUT2D eigenvalue weighted by atomic mass is 10.1. The van der Waals surface area contributed by atoms with Gasteiger partial charge in [-0.1, -0.05) is 53.9 Å². The first-order chi connectivity index (χ1) is 14.3. The standard InChI is InChI=1S/C23H28Cl2N2O2S/c1-4-12-26-23(29)17(3)27(15-18-7-8-19(24)14-21(18)25)22(28)11-13-30-20-9-5-16(2)6-10-20/h5-10,14,17H,4,11-13,15H2,1-3H3,(H,26,29)/t17-/m1/s1. The minimum Gasteiger partial charge on any atom is -0.354 e. The summed E-state index contributed by atoms with van der Waals surface area (Å²) in [6, 6.07) is 12.8. The SMILES string of the molecule is CCCNC(=O)[C@@H](C)N(Cc1ccc(Cl)cc1Cl)C(=O)CCSc1ccc(C)cc1. The second-order valence-electron chi connectivity index (χ2n) is 7.14. The van der Waals surface area contributed by atoms with Gasteiger partial charge in [-0.15, -0.1) is 11.8 Å². The zero-order chi connectivity index (χ0) is 22.1. The van der Waals surface area contributed by atoms with Crippen molar-refractivity contribution in [2.75, 3.05) is 12.3 Å². The van der Waals surface area contributed by atoms with Gasteiger partial charge in [0.15, 0.2) is 0 Å². The van der Waals surface area contributed by atoms with E-state index in [0.717, 1.165) is 16.9 Å². The van der Waals surface area contributed by atoms with Gasteiger partial charge in [0.1, 0.15) is 6.04 Å². The molecule has 7 heteroatoms. The van der Waals surface area contributed by atoms with E-state index in [9.17, 15) is 9.59 Å². The van der Waals surface area contributed by atoms with Crippen LogP contribution in [0.1, 0.15) is 37.8 Å². The molecule has 0 spiro atoms. The summed E-state index contributed by atoms with van der Waals surface area (Å²) < 4.78 is 0. The van der Waals surface area contributed by atoms with Crippen LogP contribution in [0.2, 0.25) is 10.0 Å². The Kier molecular flexibility index (Phi) is 10.0.